The molecule has 0 radical (unpaired) electrons. The van der Waals surface area contributed by atoms with Crippen molar-refractivity contribution < 1.29 is 23.7 Å². The van der Waals surface area contributed by atoms with Crippen LogP contribution in [0.5, 0.6) is 0 Å². The molecule has 2 unspecified atom stereocenters. The SMILES string of the molecule is C(OCC1CO1)C1CO1.C=C(C)C(=O)OCC. The Labute approximate surface area is 102 Å². The van der Waals surface area contributed by atoms with Gasteiger partial charge in [-0.2, -0.15) is 0 Å². The lowest BCUT2D eigenvalue weighted by atomic mass is 10.4. The fourth-order valence-electron chi connectivity index (χ4n) is 0.914. The monoisotopic (exact) mass is 244 g/mol. The minimum Gasteiger partial charge on any atom is -0.463 e. The normalized spacial score (nSPS) is 24.4. The van der Waals surface area contributed by atoms with Crippen LogP contribution in [0.4, 0.5) is 0 Å². The summed E-state index contributed by atoms with van der Waals surface area (Å²) >= 11 is 0. The van der Waals surface area contributed by atoms with Crippen LogP contribution >= 0.6 is 0 Å². The van der Waals surface area contributed by atoms with Gasteiger partial charge >= 0.3 is 5.97 Å². The first-order chi connectivity index (χ1) is 8.13. The standard InChI is InChI=1S/C6H10O3.C6H10O2/c1(5-3-8-5)7-2-6-4-9-6;1-4-8-6(7)5(2)3/h5-6H,1-4H2;2,4H2,1,3H3. The van der Waals surface area contributed by atoms with Crippen LogP contribution in [0.2, 0.25) is 0 Å². The fourth-order valence-corrected chi connectivity index (χ4v) is 0.914. The van der Waals surface area contributed by atoms with Crippen LogP contribution in [-0.4, -0.2) is 51.2 Å². The molecule has 5 nitrogen and oxygen atoms in total. The van der Waals surface area contributed by atoms with Gasteiger partial charge in [-0.1, -0.05) is 6.58 Å². The van der Waals surface area contributed by atoms with Gasteiger partial charge in [0.25, 0.3) is 0 Å². The largest absolute Gasteiger partial charge is 0.463 e. The van der Waals surface area contributed by atoms with Gasteiger partial charge in [0, 0.05) is 5.57 Å². The highest BCUT2D eigenvalue weighted by Crippen LogP contribution is 2.12. The van der Waals surface area contributed by atoms with Gasteiger partial charge in [0.1, 0.15) is 12.2 Å². The highest BCUT2D eigenvalue weighted by Gasteiger charge is 2.26. The Bertz CT molecular complexity index is 244. The first-order valence-electron chi connectivity index (χ1n) is 5.77. The van der Waals surface area contributed by atoms with E-state index in [4.69, 9.17) is 14.2 Å². The first-order valence-corrected chi connectivity index (χ1v) is 5.77. The molecule has 2 rings (SSSR count). The molecule has 98 valence electrons. The Morgan fingerprint density at radius 1 is 1.29 bits per heavy atom. The van der Waals surface area contributed by atoms with Crippen molar-refractivity contribution in [1.29, 1.82) is 0 Å². The Kier molecular flexibility index (Phi) is 6.18. The van der Waals surface area contributed by atoms with Gasteiger partial charge in [0.05, 0.1) is 33.0 Å². The molecule has 2 saturated heterocycles. The average molecular weight is 244 g/mol. The molecule has 2 heterocycles. The molecule has 0 N–H and O–H groups in total. The molecule has 0 amide bonds. The van der Waals surface area contributed by atoms with E-state index in [1.807, 2.05) is 0 Å². The minimum atomic E-state index is -0.312. The lowest BCUT2D eigenvalue weighted by Crippen LogP contribution is -2.06. The summed E-state index contributed by atoms with van der Waals surface area (Å²) in [6.07, 6.45) is 0.785. The summed E-state index contributed by atoms with van der Waals surface area (Å²) in [7, 11) is 0. The second-order valence-electron chi connectivity index (χ2n) is 3.95. The Morgan fingerprint density at radius 2 is 1.76 bits per heavy atom. The van der Waals surface area contributed by atoms with Gasteiger partial charge in [0.2, 0.25) is 0 Å². The lowest BCUT2D eigenvalue weighted by molar-refractivity contribution is -0.138. The third kappa shape index (κ3) is 7.90. The van der Waals surface area contributed by atoms with Crippen molar-refractivity contribution in [2.45, 2.75) is 26.1 Å². The quantitative estimate of drug-likeness (QED) is 0.395. The Hall–Kier alpha value is -0.910. The Balaban J connectivity index is 0.000000172. The van der Waals surface area contributed by atoms with E-state index in [9.17, 15) is 4.79 Å². The van der Waals surface area contributed by atoms with E-state index in [-0.39, 0.29) is 5.97 Å². The van der Waals surface area contributed by atoms with Gasteiger partial charge < -0.3 is 18.9 Å². The van der Waals surface area contributed by atoms with Crippen LogP contribution < -0.4 is 0 Å². The molecule has 0 aromatic carbocycles. The number of esters is 1. The van der Waals surface area contributed by atoms with Crippen molar-refractivity contribution in [2.24, 2.45) is 0 Å². The first kappa shape index (κ1) is 14.2. The van der Waals surface area contributed by atoms with Crippen LogP contribution in [0.15, 0.2) is 12.2 Å². The number of hydrogen-bond donors (Lipinski definition) is 0. The topological polar surface area (TPSA) is 60.6 Å². The molecule has 2 aliphatic rings. The van der Waals surface area contributed by atoms with Gasteiger partial charge in [-0.15, -0.1) is 0 Å². The molecule has 0 bridgehead atoms. The zero-order valence-electron chi connectivity index (χ0n) is 10.4. The number of carbonyl (C=O) groups is 1. The van der Waals surface area contributed by atoms with Crippen LogP contribution in [0, 0.1) is 0 Å². The second kappa shape index (κ2) is 7.42. The van der Waals surface area contributed by atoms with E-state index in [1.54, 1.807) is 13.8 Å². The molecule has 0 aromatic heterocycles. The second-order valence-corrected chi connectivity index (χ2v) is 3.95. The average Bonchev–Trinajstić information content (AvgIpc) is 3.13. The smallest absolute Gasteiger partial charge is 0.333 e. The van der Waals surface area contributed by atoms with Crippen molar-refractivity contribution in [3.05, 3.63) is 12.2 Å². The predicted molar refractivity (Wildman–Crippen MR) is 61.7 cm³/mol. The number of carbonyl (C=O) groups excluding carboxylic acids is 1. The summed E-state index contributed by atoms with van der Waals surface area (Å²) in [6.45, 7) is 10.5. The van der Waals surface area contributed by atoms with Crippen molar-refractivity contribution in [2.75, 3.05) is 33.0 Å². The highest BCUT2D eigenvalue weighted by molar-refractivity contribution is 5.86. The summed E-state index contributed by atoms with van der Waals surface area (Å²) in [5.74, 6) is -0.312. The van der Waals surface area contributed by atoms with E-state index in [0.717, 1.165) is 26.4 Å². The summed E-state index contributed by atoms with van der Waals surface area (Å²) in [6, 6.07) is 0. The minimum absolute atomic E-state index is 0.312. The molecule has 2 fully saturated rings. The number of ether oxygens (including phenoxy) is 4. The molecule has 0 spiro atoms. The zero-order chi connectivity index (χ0) is 12.7. The van der Waals surface area contributed by atoms with E-state index in [0.29, 0.717) is 24.4 Å². The summed E-state index contributed by atoms with van der Waals surface area (Å²) in [5.41, 5.74) is 0.451. The molecular formula is C12H20O5. The number of rotatable bonds is 6. The molecular weight excluding hydrogens is 224 g/mol. The van der Waals surface area contributed by atoms with E-state index < -0.39 is 0 Å². The molecule has 0 saturated carbocycles. The number of epoxide rings is 2. The summed E-state index contributed by atoms with van der Waals surface area (Å²) in [5, 5.41) is 0. The predicted octanol–water partition coefficient (Wildman–Crippen LogP) is 0.926. The molecule has 0 aliphatic carbocycles. The maximum Gasteiger partial charge on any atom is 0.333 e. The summed E-state index contributed by atoms with van der Waals surface area (Å²) < 4.78 is 19.7. The molecule has 0 aromatic rings. The van der Waals surface area contributed by atoms with Gasteiger partial charge in [0.15, 0.2) is 0 Å². The third-order valence-electron chi connectivity index (χ3n) is 2.04. The molecule has 17 heavy (non-hydrogen) atoms. The zero-order valence-corrected chi connectivity index (χ0v) is 10.4. The van der Waals surface area contributed by atoms with Crippen LogP contribution in [0.25, 0.3) is 0 Å². The van der Waals surface area contributed by atoms with Crippen LogP contribution in [0.1, 0.15) is 13.8 Å². The maximum absolute atomic E-state index is 10.4. The van der Waals surface area contributed by atoms with Gasteiger partial charge in [-0.05, 0) is 13.8 Å². The van der Waals surface area contributed by atoms with Gasteiger partial charge in [-0.3, -0.25) is 0 Å². The van der Waals surface area contributed by atoms with Crippen LogP contribution in [-0.2, 0) is 23.7 Å². The highest BCUT2D eigenvalue weighted by atomic mass is 16.6. The number of hydrogen-bond acceptors (Lipinski definition) is 5. The molecule has 5 heteroatoms. The third-order valence-corrected chi connectivity index (χ3v) is 2.04. The van der Waals surface area contributed by atoms with Crippen molar-refractivity contribution in [3.63, 3.8) is 0 Å². The van der Waals surface area contributed by atoms with Gasteiger partial charge in [-0.25, -0.2) is 4.79 Å². The summed E-state index contributed by atoms with van der Waals surface area (Å²) in [4.78, 5) is 10.4. The lowest BCUT2D eigenvalue weighted by Gasteiger charge is -1.96. The van der Waals surface area contributed by atoms with Crippen molar-refractivity contribution in [3.8, 4) is 0 Å². The van der Waals surface area contributed by atoms with E-state index in [1.165, 1.54) is 0 Å². The van der Waals surface area contributed by atoms with Crippen molar-refractivity contribution >= 4 is 5.97 Å². The van der Waals surface area contributed by atoms with E-state index in [2.05, 4.69) is 11.3 Å². The fraction of sp³-hybridized carbons (Fsp3) is 0.750. The molecule has 2 aliphatic heterocycles. The Morgan fingerprint density at radius 3 is 2.00 bits per heavy atom. The van der Waals surface area contributed by atoms with Crippen molar-refractivity contribution in [1.82, 2.24) is 0 Å². The maximum atomic E-state index is 10.4. The van der Waals surface area contributed by atoms with Crippen LogP contribution in [0.3, 0.4) is 0 Å². The van der Waals surface area contributed by atoms with E-state index >= 15 is 0 Å². The molecule has 2 atom stereocenters.